The summed E-state index contributed by atoms with van der Waals surface area (Å²) >= 11 is 0. The van der Waals surface area contributed by atoms with Gasteiger partial charge < -0.3 is 0 Å². The maximum absolute atomic E-state index is 13.7. The topological polar surface area (TPSA) is 71.1 Å². The first-order valence-corrected chi connectivity index (χ1v) is 11.7. The molecule has 0 aliphatic heterocycles. The van der Waals surface area contributed by atoms with Gasteiger partial charge in [-0.05, 0) is 0 Å². The fourth-order valence-electron chi connectivity index (χ4n) is 2.48. The number of ether oxygens (including phenoxy) is 4. The van der Waals surface area contributed by atoms with Crippen LogP contribution in [0.4, 0.5) is 149 Å². The zero-order chi connectivity index (χ0) is 48.0. The lowest BCUT2D eigenvalue weighted by Crippen LogP contribution is -2.71. The summed E-state index contributed by atoms with van der Waals surface area (Å²) < 4.78 is 454. The van der Waals surface area contributed by atoms with Crippen molar-refractivity contribution in [2.24, 2.45) is 0 Å². The summed E-state index contributed by atoms with van der Waals surface area (Å²) in [6.07, 6.45) is -69.8. The van der Waals surface area contributed by atoms with Crippen molar-refractivity contribution in [1.29, 1.82) is 0 Å². The molecule has 40 heteroatoms. The Labute approximate surface area is 287 Å². The molecule has 0 amide bonds. The molecule has 0 fully saturated rings. The van der Waals surface area contributed by atoms with Gasteiger partial charge in [0.25, 0.3) is 0 Å². The van der Waals surface area contributed by atoms with Crippen LogP contribution in [0.5, 0.6) is 0 Å². The van der Waals surface area contributed by atoms with Crippen molar-refractivity contribution in [1.82, 2.24) is 0 Å². The van der Waals surface area contributed by atoms with E-state index in [4.69, 9.17) is 0 Å². The average Bonchev–Trinajstić information content (AvgIpc) is 2.93. The van der Waals surface area contributed by atoms with Gasteiger partial charge in [0.1, 0.15) is 0 Å². The summed E-state index contributed by atoms with van der Waals surface area (Å²) in [4.78, 5) is 19.4. The molecule has 0 aliphatic rings. The summed E-state index contributed by atoms with van der Waals surface area (Å²) in [5, 5.41) is 0. The van der Waals surface area contributed by atoms with E-state index in [0.29, 0.717) is 9.47 Å². The van der Waals surface area contributed by atoms with Gasteiger partial charge in [-0.2, -0.15) is 149 Å². The number of rotatable bonds is 21. The van der Waals surface area contributed by atoms with Crippen LogP contribution in [0.1, 0.15) is 0 Å². The number of hydrogen-bond donors (Lipinski definition) is 0. The second kappa shape index (κ2) is 14.2. The van der Waals surface area contributed by atoms with Gasteiger partial charge in [-0.1, -0.05) is 0 Å². The summed E-state index contributed by atoms with van der Waals surface area (Å²) in [7, 11) is 0. The van der Waals surface area contributed by atoms with Crippen LogP contribution < -0.4 is 0 Å². The highest BCUT2D eigenvalue weighted by Gasteiger charge is 2.92. The molecule has 0 aromatic heterocycles. The molecular formula is C18F34O6. The fourth-order valence-corrected chi connectivity index (χ4v) is 2.48. The predicted molar refractivity (Wildman–Crippen MR) is 95.7 cm³/mol. The van der Waals surface area contributed by atoms with Crippen molar-refractivity contribution in [3.05, 3.63) is 0 Å². The summed E-state index contributed by atoms with van der Waals surface area (Å²) in [5.74, 6) is -70.7. The minimum absolute atomic E-state index is 0.632. The molecule has 0 spiro atoms. The van der Waals surface area contributed by atoms with E-state index in [0.717, 1.165) is 9.47 Å². The van der Waals surface area contributed by atoms with E-state index in [9.17, 15) is 159 Å². The largest absolute Gasteiger partial charge is 0.434 e. The number of alkyl halides is 32. The summed E-state index contributed by atoms with van der Waals surface area (Å²) in [6.45, 7) is 0. The molecule has 346 valence electrons. The lowest BCUT2D eigenvalue weighted by molar-refractivity contribution is -0.556. The highest BCUT2D eigenvalue weighted by Crippen LogP contribution is 2.62. The molecule has 0 heterocycles. The van der Waals surface area contributed by atoms with E-state index in [2.05, 4.69) is 0 Å². The Morgan fingerprint density at radius 1 is 0.224 bits per heavy atom. The maximum Gasteiger partial charge on any atom is 0.434 e. The molecule has 0 saturated carbocycles. The third-order valence-corrected chi connectivity index (χ3v) is 5.63. The molecule has 0 N–H and O–H groups in total. The Bertz CT molecular complexity index is 1420. The molecule has 0 atom stereocenters. The van der Waals surface area contributed by atoms with E-state index in [1.807, 2.05) is 0 Å². The molecular weight excluding hydrogens is 958 g/mol. The van der Waals surface area contributed by atoms with Gasteiger partial charge in [0.15, 0.2) is 0 Å². The third kappa shape index (κ3) is 8.16. The van der Waals surface area contributed by atoms with Gasteiger partial charge in [0.2, 0.25) is 0 Å². The van der Waals surface area contributed by atoms with Gasteiger partial charge in [0, 0.05) is 0 Å². The van der Waals surface area contributed by atoms with Crippen LogP contribution in [-0.4, -0.2) is 108 Å². The van der Waals surface area contributed by atoms with Crippen LogP contribution in [0.3, 0.4) is 0 Å². The zero-order valence-electron chi connectivity index (χ0n) is 24.3. The molecule has 0 radical (unpaired) electrons. The molecule has 0 bridgehead atoms. The smallest absolute Gasteiger partial charge is 0.254 e. The highest BCUT2D eigenvalue weighted by atomic mass is 19.4. The van der Waals surface area contributed by atoms with E-state index in [-0.39, 0.29) is 0 Å². The number of hydrogen-bond acceptors (Lipinski definition) is 6. The predicted octanol–water partition coefficient (Wildman–Crippen LogP) is 9.87. The van der Waals surface area contributed by atoms with Gasteiger partial charge in [0.05, 0.1) is 0 Å². The minimum atomic E-state index is -9.47. The molecule has 0 aromatic carbocycles. The number of carbonyl (C=O) groups excluding carboxylic acids is 2. The average molecular weight is 958 g/mol. The molecule has 0 unspecified atom stereocenters. The molecule has 0 rings (SSSR count). The normalized spacial score (nSPS) is 16.5. The van der Waals surface area contributed by atoms with E-state index in [1.165, 1.54) is 0 Å². The molecule has 0 saturated heterocycles. The van der Waals surface area contributed by atoms with E-state index >= 15 is 0 Å². The van der Waals surface area contributed by atoms with Gasteiger partial charge >= 0.3 is 108 Å². The highest BCUT2D eigenvalue weighted by molar-refractivity contribution is 5.77. The Balaban J connectivity index is 7.03. The first kappa shape index (κ1) is 54.8. The Hall–Kier alpha value is -3.20. The van der Waals surface area contributed by atoms with Crippen molar-refractivity contribution < 1.29 is 178 Å². The monoisotopic (exact) mass is 958 g/mol. The number of halogens is 34. The quantitative estimate of drug-likeness (QED) is 0.0844. The molecule has 0 aromatic rings. The van der Waals surface area contributed by atoms with Gasteiger partial charge in [-0.3, -0.25) is 9.59 Å². The lowest BCUT2D eigenvalue weighted by atomic mass is 10.1. The Morgan fingerprint density at radius 3 is 0.431 bits per heavy atom. The Morgan fingerprint density at radius 2 is 0.328 bits per heavy atom. The van der Waals surface area contributed by atoms with Crippen molar-refractivity contribution >= 4 is 12.1 Å². The summed E-state index contributed by atoms with van der Waals surface area (Å²) in [6, 6.07) is -9.85. The first-order chi connectivity index (χ1) is 24.5. The van der Waals surface area contributed by atoms with Crippen LogP contribution in [0.15, 0.2) is 0 Å². The Kier molecular flexibility index (Phi) is 13.4. The fraction of sp³-hybridized carbons (Fsp3) is 0.889. The molecule has 0 aliphatic carbocycles. The standard InChI is InChI=1S/C18F34O6/c19-1(53)3(21,22)11(37,38)55-13(41,42)5(25,26)7(29,30)15(45,46)57-17(49,50)9(33,34)10(35,36)18(51,52)58-16(47,48)8(31,32)6(27,28)14(43,44)56-12(39,40)4(23,24)2(20)54. The molecule has 6 nitrogen and oxygen atoms in total. The van der Waals surface area contributed by atoms with Crippen LogP contribution in [0.25, 0.3) is 0 Å². The second-order valence-corrected chi connectivity index (χ2v) is 9.69. The maximum atomic E-state index is 13.7. The van der Waals surface area contributed by atoms with Crippen molar-refractivity contribution in [2.45, 2.75) is 96.2 Å². The molecule has 58 heavy (non-hydrogen) atoms. The van der Waals surface area contributed by atoms with Gasteiger partial charge in [-0.25, -0.2) is 18.9 Å². The van der Waals surface area contributed by atoms with E-state index < -0.39 is 108 Å². The summed E-state index contributed by atoms with van der Waals surface area (Å²) in [5.41, 5.74) is 0. The van der Waals surface area contributed by atoms with Crippen molar-refractivity contribution in [3.63, 3.8) is 0 Å². The van der Waals surface area contributed by atoms with Crippen LogP contribution in [0, 0.1) is 0 Å². The van der Waals surface area contributed by atoms with Crippen molar-refractivity contribution in [3.8, 4) is 0 Å². The first-order valence-electron chi connectivity index (χ1n) is 11.7. The third-order valence-electron chi connectivity index (χ3n) is 5.63. The van der Waals surface area contributed by atoms with Gasteiger partial charge in [-0.15, -0.1) is 0 Å². The number of carbonyl (C=O) groups is 2. The van der Waals surface area contributed by atoms with Crippen LogP contribution in [0.2, 0.25) is 0 Å². The van der Waals surface area contributed by atoms with Crippen LogP contribution >= 0.6 is 0 Å². The lowest BCUT2D eigenvalue weighted by Gasteiger charge is -2.41. The minimum Gasteiger partial charge on any atom is -0.254 e. The van der Waals surface area contributed by atoms with Crippen molar-refractivity contribution in [2.75, 3.05) is 0 Å². The zero-order valence-corrected chi connectivity index (χ0v) is 24.3. The van der Waals surface area contributed by atoms with E-state index in [1.54, 1.807) is 0 Å². The second-order valence-electron chi connectivity index (χ2n) is 9.69. The van der Waals surface area contributed by atoms with Crippen LogP contribution in [-0.2, 0) is 28.5 Å². The SMILES string of the molecule is O=C(F)C(F)(F)C(F)(F)OC(F)(F)C(F)(F)C(F)(F)C(F)(F)OC(F)(F)C(F)(F)C(F)(F)C(F)(F)OC(F)(F)C(F)(F)C(F)(F)C(F)(F)OC(F)(F)C(F)(F)C(=O)F.